The summed E-state index contributed by atoms with van der Waals surface area (Å²) in [4.78, 5) is 0.167. The van der Waals surface area contributed by atoms with E-state index in [2.05, 4.69) is 21.0 Å². The summed E-state index contributed by atoms with van der Waals surface area (Å²) in [6, 6.07) is 14.4. The van der Waals surface area contributed by atoms with Crippen LogP contribution < -0.4 is 0 Å². The van der Waals surface area contributed by atoms with Crippen molar-refractivity contribution in [3.63, 3.8) is 0 Å². The SMILES string of the molecule is CS(=O)(=O)c1ccc(-c2cc(C(F)F)nn2-c2ccc(Br)cc2)cc1. The van der Waals surface area contributed by atoms with Crippen LogP contribution >= 0.6 is 15.9 Å². The maximum atomic E-state index is 13.1. The third-order valence-electron chi connectivity index (χ3n) is 3.60. The molecule has 0 atom stereocenters. The first-order valence-corrected chi connectivity index (χ1v) is 9.89. The van der Waals surface area contributed by atoms with Crippen LogP contribution in [0.4, 0.5) is 8.78 Å². The summed E-state index contributed by atoms with van der Waals surface area (Å²) in [5.74, 6) is 0. The standard InChI is InChI=1S/C17H13BrF2N2O2S/c1-25(23,24)14-8-2-11(3-9-14)16-10-15(17(19)20)21-22(16)13-6-4-12(18)5-7-13/h2-10,17H,1H3. The van der Waals surface area contributed by atoms with Gasteiger partial charge in [-0.1, -0.05) is 28.1 Å². The van der Waals surface area contributed by atoms with E-state index < -0.39 is 16.3 Å². The van der Waals surface area contributed by atoms with E-state index in [-0.39, 0.29) is 10.6 Å². The van der Waals surface area contributed by atoms with Gasteiger partial charge in [0.2, 0.25) is 0 Å². The van der Waals surface area contributed by atoms with Gasteiger partial charge >= 0.3 is 0 Å². The van der Waals surface area contributed by atoms with Crippen molar-refractivity contribution < 1.29 is 17.2 Å². The van der Waals surface area contributed by atoms with Gasteiger partial charge in [0.05, 0.1) is 16.3 Å². The summed E-state index contributed by atoms with van der Waals surface area (Å²) in [5.41, 5.74) is 1.33. The van der Waals surface area contributed by atoms with Crippen LogP contribution in [0, 0.1) is 0 Å². The van der Waals surface area contributed by atoms with Gasteiger partial charge in [-0.15, -0.1) is 0 Å². The Morgan fingerprint density at radius 3 is 2.16 bits per heavy atom. The van der Waals surface area contributed by atoms with E-state index in [1.54, 1.807) is 36.4 Å². The van der Waals surface area contributed by atoms with E-state index in [0.717, 1.165) is 10.7 Å². The summed E-state index contributed by atoms with van der Waals surface area (Å²) < 4.78 is 51.7. The van der Waals surface area contributed by atoms with Crippen molar-refractivity contribution in [2.75, 3.05) is 6.26 Å². The molecule has 3 rings (SSSR count). The maximum absolute atomic E-state index is 13.1. The quantitative estimate of drug-likeness (QED) is 0.610. The number of benzene rings is 2. The number of halogens is 3. The lowest BCUT2D eigenvalue weighted by atomic mass is 10.1. The molecule has 0 aliphatic rings. The summed E-state index contributed by atoms with van der Waals surface area (Å²) in [6.45, 7) is 0. The van der Waals surface area contributed by atoms with Gasteiger partial charge in [-0.25, -0.2) is 21.9 Å². The second kappa shape index (κ2) is 6.68. The summed E-state index contributed by atoms with van der Waals surface area (Å²) in [6.07, 6.45) is -1.59. The lowest BCUT2D eigenvalue weighted by molar-refractivity contribution is 0.145. The number of sulfone groups is 1. The van der Waals surface area contributed by atoms with E-state index in [0.29, 0.717) is 16.9 Å². The molecule has 0 saturated heterocycles. The number of hydrogen-bond donors (Lipinski definition) is 0. The average molecular weight is 427 g/mol. The van der Waals surface area contributed by atoms with Gasteiger partial charge in [0.1, 0.15) is 5.69 Å². The molecule has 0 fully saturated rings. The molecule has 130 valence electrons. The molecule has 0 spiro atoms. The molecule has 0 saturated carbocycles. The second-order valence-electron chi connectivity index (χ2n) is 5.44. The van der Waals surface area contributed by atoms with Crippen molar-refractivity contribution in [3.05, 3.63) is 64.8 Å². The van der Waals surface area contributed by atoms with Gasteiger partial charge in [0.25, 0.3) is 6.43 Å². The summed E-state index contributed by atoms with van der Waals surface area (Å²) in [5, 5.41) is 3.99. The molecule has 0 radical (unpaired) electrons. The fourth-order valence-corrected chi connectivity index (χ4v) is 3.26. The lowest BCUT2D eigenvalue weighted by Gasteiger charge is -2.08. The van der Waals surface area contributed by atoms with Crippen LogP contribution in [0.2, 0.25) is 0 Å². The minimum Gasteiger partial charge on any atom is -0.233 e. The smallest absolute Gasteiger partial charge is 0.233 e. The first-order valence-electron chi connectivity index (χ1n) is 7.20. The van der Waals surface area contributed by atoms with Crippen LogP contribution in [0.25, 0.3) is 16.9 Å². The normalized spacial score (nSPS) is 11.9. The predicted molar refractivity (Wildman–Crippen MR) is 94.8 cm³/mol. The summed E-state index contributed by atoms with van der Waals surface area (Å²) in [7, 11) is -3.32. The zero-order valence-corrected chi connectivity index (χ0v) is 15.4. The highest BCUT2D eigenvalue weighted by Gasteiger charge is 2.18. The van der Waals surface area contributed by atoms with Crippen molar-refractivity contribution in [2.45, 2.75) is 11.3 Å². The van der Waals surface area contributed by atoms with Crippen LogP contribution in [0.15, 0.2) is 64.0 Å². The van der Waals surface area contributed by atoms with Crippen molar-refractivity contribution in [2.24, 2.45) is 0 Å². The average Bonchev–Trinajstić information content (AvgIpc) is 3.00. The van der Waals surface area contributed by atoms with Gasteiger partial charge in [0.15, 0.2) is 9.84 Å². The number of hydrogen-bond acceptors (Lipinski definition) is 3. The molecule has 0 bridgehead atoms. The van der Waals surface area contributed by atoms with Crippen molar-refractivity contribution in [3.8, 4) is 16.9 Å². The van der Waals surface area contributed by atoms with E-state index in [1.165, 1.54) is 22.9 Å². The molecule has 0 N–H and O–H groups in total. The number of alkyl halides is 2. The molecule has 1 aromatic heterocycles. The Morgan fingerprint density at radius 1 is 1.04 bits per heavy atom. The molecule has 0 aliphatic heterocycles. The fraction of sp³-hybridized carbons (Fsp3) is 0.118. The van der Waals surface area contributed by atoms with Crippen molar-refractivity contribution in [1.29, 1.82) is 0 Å². The largest absolute Gasteiger partial charge is 0.282 e. The molecule has 2 aromatic carbocycles. The molecule has 0 unspecified atom stereocenters. The molecule has 1 heterocycles. The van der Waals surface area contributed by atoms with Gasteiger partial charge in [-0.05, 0) is 42.5 Å². The first-order chi connectivity index (χ1) is 11.8. The third-order valence-corrected chi connectivity index (χ3v) is 5.26. The van der Waals surface area contributed by atoms with E-state index in [9.17, 15) is 17.2 Å². The first kappa shape index (κ1) is 17.8. The highest BCUT2D eigenvalue weighted by Crippen LogP contribution is 2.29. The number of aromatic nitrogens is 2. The van der Waals surface area contributed by atoms with E-state index in [4.69, 9.17) is 0 Å². The molecule has 0 aliphatic carbocycles. The number of rotatable bonds is 4. The highest BCUT2D eigenvalue weighted by atomic mass is 79.9. The van der Waals surface area contributed by atoms with Crippen LogP contribution in [0.1, 0.15) is 12.1 Å². The Kier molecular flexibility index (Phi) is 4.75. The van der Waals surface area contributed by atoms with E-state index in [1.807, 2.05) is 0 Å². The summed E-state index contributed by atoms with van der Waals surface area (Å²) >= 11 is 3.33. The number of nitrogens with zero attached hydrogens (tertiary/aromatic N) is 2. The lowest BCUT2D eigenvalue weighted by Crippen LogP contribution is -2.00. The molecule has 0 amide bonds. The Labute approximate surface area is 152 Å². The molecule has 4 nitrogen and oxygen atoms in total. The van der Waals surface area contributed by atoms with Crippen LogP contribution in [0.5, 0.6) is 0 Å². The Balaban J connectivity index is 2.13. The highest BCUT2D eigenvalue weighted by molar-refractivity contribution is 9.10. The van der Waals surface area contributed by atoms with Crippen LogP contribution in [0.3, 0.4) is 0 Å². The monoisotopic (exact) mass is 426 g/mol. The molecular weight excluding hydrogens is 414 g/mol. The minimum atomic E-state index is -3.32. The van der Waals surface area contributed by atoms with Gasteiger partial charge in [-0.2, -0.15) is 5.10 Å². The van der Waals surface area contributed by atoms with Crippen molar-refractivity contribution in [1.82, 2.24) is 9.78 Å². The Bertz CT molecular complexity index is 998. The van der Waals surface area contributed by atoms with Crippen LogP contribution in [-0.4, -0.2) is 24.5 Å². The predicted octanol–water partition coefficient (Wildman–Crippen LogP) is 4.64. The zero-order valence-electron chi connectivity index (χ0n) is 13.0. The van der Waals surface area contributed by atoms with Crippen LogP contribution in [-0.2, 0) is 9.84 Å². The molecule has 8 heteroatoms. The van der Waals surface area contributed by atoms with E-state index >= 15 is 0 Å². The van der Waals surface area contributed by atoms with Gasteiger partial charge < -0.3 is 0 Å². The third kappa shape index (κ3) is 3.80. The Hall–Kier alpha value is -2.06. The molecule has 3 aromatic rings. The Morgan fingerprint density at radius 2 is 1.64 bits per heavy atom. The van der Waals surface area contributed by atoms with Gasteiger partial charge in [0, 0.05) is 16.3 Å². The topological polar surface area (TPSA) is 52.0 Å². The zero-order chi connectivity index (χ0) is 18.2. The van der Waals surface area contributed by atoms with Crippen molar-refractivity contribution >= 4 is 25.8 Å². The van der Waals surface area contributed by atoms with Gasteiger partial charge in [-0.3, -0.25) is 0 Å². The molecule has 25 heavy (non-hydrogen) atoms. The maximum Gasteiger partial charge on any atom is 0.282 e. The fourth-order valence-electron chi connectivity index (χ4n) is 2.36. The minimum absolute atomic E-state index is 0.167. The second-order valence-corrected chi connectivity index (χ2v) is 8.37. The molecular formula is C17H13BrF2N2O2S.